The van der Waals surface area contributed by atoms with E-state index in [1.807, 2.05) is 39.0 Å². The van der Waals surface area contributed by atoms with E-state index in [0.717, 1.165) is 39.7 Å². The normalized spacial score (nSPS) is 11.4. The number of nitrogens with one attached hydrogen (secondary N) is 1. The van der Waals surface area contributed by atoms with Crippen LogP contribution in [-0.2, 0) is 10.0 Å². The van der Waals surface area contributed by atoms with Crippen LogP contribution in [0.4, 0.5) is 17.2 Å². The van der Waals surface area contributed by atoms with Crippen molar-refractivity contribution in [3.8, 4) is 11.9 Å². The lowest BCUT2D eigenvalue weighted by molar-refractivity contribution is -0.384. The highest BCUT2D eigenvalue weighted by Crippen LogP contribution is 2.33. The molecule has 11 nitrogen and oxygen atoms in total. The number of nitro benzene ring substituents is 1. The zero-order valence-corrected chi connectivity index (χ0v) is 19.2. The minimum absolute atomic E-state index is 0.0417. The standard InChI is InChI=1S/C22H19N7O4S/c1-12-6-14(3)21-17(7-12)13(2)8-20(27-21)28-22(15(10-23)11-25-28)26-18-5-4-16(34(24,32)33)9-19(18)29(30)31/h4-9,11,26H,1-3H3,(H2,24,32,33). The maximum absolute atomic E-state index is 11.6. The molecule has 0 saturated heterocycles. The Morgan fingerprint density at radius 3 is 2.53 bits per heavy atom. The van der Waals surface area contributed by atoms with Crippen molar-refractivity contribution < 1.29 is 13.3 Å². The third-order valence-corrected chi connectivity index (χ3v) is 6.21. The number of anilines is 2. The summed E-state index contributed by atoms with van der Waals surface area (Å²) in [5.41, 5.74) is 3.32. The summed E-state index contributed by atoms with van der Waals surface area (Å²) in [5.74, 6) is 0.551. The van der Waals surface area contributed by atoms with E-state index >= 15 is 0 Å². The van der Waals surface area contributed by atoms with Crippen LogP contribution in [0.15, 0.2) is 47.5 Å². The minimum Gasteiger partial charge on any atom is -0.333 e. The number of nitriles is 1. The lowest BCUT2D eigenvalue weighted by atomic mass is 10.0. The highest BCUT2D eigenvalue weighted by molar-refractivity contribution is 7.89. The van der Waals surface area contributed by atoms with Gasteiger partial charge in [0.25, 0.3) is 5.69 Å². The third kappa shape index (κ3) is 4.05. The average Bonchev–Trinajstić information content (AvgIpc) is 3.16. The highest BCUT2D eigenvalue weighted by Gasteiger charge is 2.22. The molecule has 4 rings (SSSR count). The molecule has 2 heterocycles. The van der Waals surface area contributed by atoms with Gasteiger partial charge in [-0.1, -0.05) is 11.6 Å². The minimum atomic E-state index is -4.15. The molecule has 0 fully saturated rings. The number of aromatic nitrogens is 3. The van der Waals surface area contributed by atoms with Gasteiger partial charge in [0.2, 0.25) is 10.0 Å². The molecular formula is C22H19N7O4S. The van der Waals surface area contributed by atoms with Crippen molar-refractivity contribution in [2.24, 2.45) is 5.14 Å². The number of pyridine rings is 1. The molecule has 0 amide bonds. The van der Waals surface area contributed by atoms with Gasteiger partial charge in [0.1, 0.15) is 17.3 Å². The molecule has 0 aliphatic carbocycles. The number of nitrogens with zero attached hydrogens (tertiary/aromatic N) is 5. The van der Waals surface area contributed by atoms with Gasteiger partial charge < -0.3 is 5.32 Å². The molecule has 0 bridgehead atoms. The Balaban J connectivity index is 1.89. The summed E-state index contributed by atoms with van der Waals surface area (Å²) in [6, 6.07) is 11.1. The van der Waals surface area contributed by atoms with Crippen molar-refractivity contribution in [2.45, 2.75) is 25.7 Å². The van der Waals surface area contributed by atoms with E-state index < -0.39 is 25.5 Å². The average molecular weight is 478 g/mol. The molecule has 0 saturated carbocycles. The van der Waals surface area contributed by atoms with Gasteiger partial charge in [0, 0.05) is 11.5 Å². The molecule has 0 radical (unpaired) electrons. The number of rotatable bonds is 5. The van der Waals surface area contributed by atoms with Crippen LogP contribution >= 0.6 is 0 Å². The number of primary sulfonamides is 1. The van der Waals surface area contributed by atoms with Crippen molar-refractivity contribution in [1.29, 1.82) is 5.26 Å². The summed E-state index contributed by atoms with van der Waals surface area (Å²) >= 11 is 0. The van der Waals surface area contributed by atoms with Crippen LogP contribution in [-0.4, -0.2) is 28.1 Å². The summed E-state index contributed by atoms with van der Waals surface area (Å²) in [7, 11) is -4.15. The van der Waals surface area contributed by atoms with Crippen molar-refractivity contribution >= 4 is 38.1 Å². The van der Waals surface area contributed by atoms with Crippen LogP contribution in [0.5, 0.6) is 0 Å². The molecule has 4 aromatic rings. The molecular weight excluding hydrogens is 458 g/mol. The molecule has 0 aliphatic rings. The quantitative estimate of drug-likeness (QED) is 0.325. The van der Waals surface area contributed by atoms with Crippen molar-refractivity contribution in [3.63, 3.8) is 0 Å². The van der Waals surface area contributed by atoms with Gasteiger partial charge in [-0.05, 0) is 56.2 Å². The molecule has 3 N–H and O–H groups in total. The van der Waals surface area contributed by atoms with Gasteiger partial charge in [0.05, 0.1) is 21.5 Å². The van der Waals surface area contributed by atoms with Crippen LogP contribution in [0.3, 0.4) is 0 Å². The zero-order valence-electron chi connectivity index (χ0n) is 18.4. The first-order valence-corrected chi connectivity index (χ1v) is 11.5. The Kier molecular flexibility index (Phi) is 5.52. The van der Waals surface area contributed by atoms with Gasteiger partial charge in [-0.25, -0.2) is 18.5 Å². The number of hydrogen-bond acceptors (Lipinski definition) is 8. The molecule has 0 atom stereocenters. The predicted octanol–water partition coefficient (Wildman–Crippen LogP) is 3.52. The van der Waals surface area contributed by atoms with Crippen LogP contribution in [0.25, 0.3) is 16.7 Å². The highest BCUT2D eigenvalue weighted by atomic mass is 32.2. The van der Waals surface area contributed by atoms with Gasteiger partial charge in [-0.2, -0.15) is 15.0 Å². The molecule has 12 heteroatoms. The van der Waals surface area contributed by atoms with Gasteiger partial charge >= 0.3 is 0 Å². The topological polar surface area (TPSA) is 170 Å². The van der Waals surface area contributed by atoms with E-state index in [2.05, 4.69) is 10.4 Å². The van der Waals surface area contributed by atoms with Crippen LogP contribution in [0.2, 0.25) is 0 Å². The number of nitrogens with two attached hydrogens (primary N) is 1. The van der Waals surface area contributed by atoms with E-state index in [-0.39, 0.29) is 17.1 Å². The summed E-state index contributed by atoms with van der Waals surface area (Å²) in [5, 5.41) is 34.4. The Morgan fingerprint density at radius 2 is 1.88 bits per heavy atom. The third-order valence-electron chi connectivity index (χ3n) is 5.30. The number of fused-ring (bicyclic) bond motifs is 1. The number of benzene rings is 2. The first kappa shape index (κ1) is 22.8. The van der Waals surface area contributed by atoms with Gasteiger partial charge in [-0.3, -0.25) is 10.1 Å². The molecule has 2 aromatic heterocycles. The number of sulfonamides is 1. The number of aryl methyl sites for hydroxylation is 3. The van der Waals surface area contributed by atoms with E-state index in [1.165, 1.54) is 16.9 Å². The molecule has 0 aliphatic heterocycles. The van der Waals surface area contributed by atoms with Crippen LogP contribution in [0, 0.1) is 42.2 Å². The smallest absolute Gasteiger partial charge is 0.294 e. The summed E-state index contributed by atoms with van der Waals surface area (Å²) in [4.78, 5) is 15.2. The monoisotopic (exact) mass is 477 g/mol. The second-order valence-electron chi connectivity index (χ2n) is 7.81. The van der Waals surface area contributed by atoms with Gasteiger partial charge in [-0.15, -0.1) is 0 Å². The predicted molar refractivity (Wildman–Crippen MR) is 126 cm³/mol. The van der Waals surface area contributed by atoms with E-state index in [1.54, 1.807) is 6.07 Å². The van der Waals surface area contributed by atoms with Crippen molar-refractivity contribution in [3.05, 3.63) is 75.0 Å². The largest absolute Gasteiger partial charge is 0.333 e. The Bertz CT molecular complexity index is 1640. The molecule has 0 spiro atoms. The van der Waals surface area contributed by atoms with Crippen LogP contribution in [0.1, 0.15) is 22.3 Å². The maximum atomic E-state index is 11.6. The fourth-order valence-electron chi connectivity index (χ4n) is 3.73. The van der Waals surface area contributed by atoms with Crippen LogP contribution < -0.4 is 10.5 Å². The summed E-state index contributed by atoms with van der Waals surface area (Å²) in [6.07, 6.45) is 1.32. The fraction of sp³-hybridized carbons (Fsp3) is 0.136. The molecule has 34 heavy (non-hydrogen) atoms. The molecule has 172 valence electrons. The Morgan fingerprint density at radius 1 is 1.15 bits per heavy atom. The van der Waals surface area contributed by atoms with Crippen molar-refractivity contribution in [2.75, 3.05) is 5.32 Å². The second-order valence-corrected chi connectivity index (χ2v) is 9.37. The second kappa shape index (κ2) is 8.22. The van der Waals surface area contributed by atoms with E-state index in [9.17, 15) is 23.8 Å². The first-order valence-electron chi connectivity index (χ1n) is 9.95. The van der Waals surface area contributed by atoms with E-state index in [0.29, 0.717) is 5.82 Å². The number of hydrogen-bond donors (Lipinski definition) is 2. The summed E-state index contributed by atoms with van der Waals surface area (Å²) in [6.45, 7) is 5.89. The van der Waals surface area contributed by atoms with Gasteiger partial charge in [0.15, 0.2) is 11.6 Å². The molecule has 0 unspecified atom stereocenters. The zero-order chi connectivity index (χ0) is 24.8. The Hall–Kier alpha value is -4.34. The lowest BCUT2D eigenvalue weighted by Crippen LogP contribution is -2.13. The fourth-order valence-corrected chi connectivity index (χ4v) is 4.27. The first-order chi connectivity index (χ1) is 16.0. The maximum Gasteiger partial charge on any atom is 0.294 e. The lowest BCUT2D eigenvalue weighted by Gasteiger charge is -2.13. The molecule has 2 aromatic carbocycles. The van der Waals surface area contributed by atoms with E-state index in [4.69, 9.17) is 10.1 Å². The number of nitro groups is 1. The van der Waals surface area contributed by atoms with Crippen molar-refractivity contribution in [1.82, 2.24) is 14.8 Å². The Labute approximate surface area is 194 Å². The SMILES string of the molecule is Cc1cc(C)c2nc(-n3ncc(C#N)c3Nc3ccc(S(N)(=O)=O)cc3[N+](=O)[O-])cc(C)c2c1. The summed E-state index contributed by atoms with van der Waals surface area (Å²) < 4.78 is 24.6.